The summed E-state index contributed by atoms with van der Waals surface area (Å²) in [5.41, 5.74) is 9.84. The lowest BCUT2D eigenvalue weighted by Crippen LogP contribution is -2.19. The van der Waals surface area contributed by atoms with Crippen LogP contribution in [0, 0.1) is 0 Å². The first-order valence-electron chi connectivity index (χ1n) is 6.85. The van der Waals surface area contributed by atoms with E-state index in [0.29, 0.717) is 0 Å². The van der Waals surface area contributed by atoms with E-state index in [1.54, 1.807) is 11.3 Å². The normalized spacial score (nSPS) is 14.2. The second-order valence-corrected chi connectivity index (χ2v) is 6.01. The van der Waals surface area contributed by atoms with E-state index in [4.69, 9.17) is 5.73 Å². The van der Waals surface area contributed by atoms with Crippen LogP contribution in [0.5, 0.6) is 0 Å². The summed E-state index contributed by atoms with van der Waals surface area (Å²) >= 11 is 1.67. The Balaban J connectivity index is 1.71. The lowest BCUT2D eigenvalue weighted by atomic mass is 10.1. The van der Waals surface area contributed by atoms with Gasteiger partial charge in [-0.3, -0.25) is 4.99 Å². The van der Waals surface area contributed by atoms with Gasteiger partial charge < -0.3 is 11.1 Å². The highest BCUT2D eigenvalue weighted by Gasteiger charge is 2.10. The summed E-state index contributed by atoms with van der Waals surface area (Å²) in [4.78, 5) is 9.10. The molecule has 3 N–H and O–H groups in total. The van der Waals surface area contributed by atoms with E-state index in [-0.39, 0.29) is 0 Å². The Hall–Kier alpha value is -2.40. The van der Waals surface area contributed by atoms with Crippen molar-refractivity contribution >= 4 is 33.1 Å². The molecule has 2 heterocycles. The molecule has 0 radical (unpaired) electrons. The summed E-state index contributed by atoms with van der Waals surface area (Å²) in [6.07, 6.45) is 0. The van der Waals surface area contributed by atoms with Gasteiger partial charge in [-0.1, -0.05) is 24.3 Å². The first-order chi connectivity index (χ1) is 10.3. The molecule has 21 heavy (non-hydrogen) atoms. The van der Waals surface area contributed by atoms with Crippen molar-refractivity contribution in [2.75, 3.05) is 18.8 Å². The molecule has 0 spiro atoms. The third-order valence-corrected chi connectivity index (χ3v) is 4.56. The fraction of sp³-hybridized carbons (Fsp3) is 0.125. The second-order valence-electron chi connectivity index (χ2n) is 4.98. The number of rotatable bonds is 2. The van der Waals surface area contributed by atoms with E-state index >= 15 is 0 Å². The molecule has 2 aromatic carbocycles. The fourth-order valence-electron chi connectivity index (χ4n) is 2.43. The van der Waals surface area contributed by atoms with Gasteiger partial charge in [-0.2, -0.15) is 0 Å². The molecule has 0 unspecified atom stereocenters. The number of hydrogen-bond acceptors (Lipinski definition) is 5. The molecule has 1 aromatic heterocycles. The van der Waals surface area contributed by atoms with Gasteiger partial charge in [0.1, 0.15) is 10.8 Å². The predicted octanol–water partition coefficient (Wildman–Crippen LogP) is 2.90. The summed E-state index contributed by atoms with van der Waals surface area (Å²) in [7, 11) is 0. The minimum absolute atomic E-state index is 0.776. The third kappa shape index (κ3) is 2.25. The van der Waals surface area contributed by atoms with E-state index in [1.165, 1.54) is 0 Å². The Kier molecular flexibility index (Phi) is 2.86. The summed E-state index contributed by atoms with van der Waals surface area (Å²) in [6, 6.07) is 14.2. The van der Waals surface area contributed by atoms with Crippen LogP contribution in [0.2, 0.25) is 0 Å². The van der Waals surface area contributed by atoms with Crippen molar-refractivity contribution in [3.63, 3.8) is 0 Å². The van der Waals surface area contributed by atoms with Crippen molar-refractivity contribution in [2.45, 2.75) is 0 Å². The van der Waals surface area contributed by atoms with Crippen LogP contribution in [0.15, 0.2) is 47.5 Å². The summed E-state index contributed by atoms with van der Waals surface area (Å²) in [5.74, 6) is 0.985. The van der Waals surface area contributed by atoms with Gasteiger partial charge in [-0.15, -0.1) is 11.3 Å². The van der Waals surface area contributed by atoms with Gasteiger partial charge in [0, 0.05) is 23.4 Å². The number of thiazole rings is 1. The van der Waals surface area contributed by atoms with Crippen molar-refractivity contribution < 1.29 is 0 Å². The minimum Gasteiger partial charge on any atom is -0.399 e. The van der Waals surface area contributed by atoms with Gasteiger partial charge in [-0.05, 0) is 18.2 Å². The molecule has 0 amide bonds. The number of amidine groups is 1. The van der Waals surface area contributed by atoms with Crippen LogP contribution in [0.1, 0.15) is 5.56 Å². The molecule has 1 aliphatic heterocycles. The zero-order valence-electron chi connectivity index (χ0n) is 11.3. The van der Waals surface area contributed by atoms with Crippen LogP contribution in [0.25, 0.3) is 20.8 Å². The number of nitrogens with one attached hydrogen (secondary N) is 1. The van der Waals surface area contributed by atoms with Crippen molar-refractivity contribution in [3.8, 4) is 10.6 Å². The zero-order valence-corrected chi connectivity index (χ0v) is 12.2. The minimum atomic E-state index is 0.776. The number of aliphatic imine (C=N–C) groups is 1. The molecule has 4 rings (SSSR count). The number of nitrogens with two attached hydrogens (primary N) is 1. The highest BCUT2D eigenvalue weighted by atomic mass is 32.1. The van der Waals surface area contributed by atoms with Crippen molar-refractivity contribution in [1.82, 2.24) is 10.3 Å². The molecule has 0 saturated carbocycles. The van der Waals surface area contributed by atoms with Gasteiger partial charge in [0.15, 0.2) is 0 Å². The molecule has 0 atom stereocenters. The molecular formula is C16H14N4S. The molecule has 104 valence electrons. The average molecular weight is 294 g/mol. The number of hydrogen-bond donors (Lipinski definition) is 2. The summed E-state index contributed by atoms with van der Waals surface area (Å²) < 4.78 is 1.12. The monoisotopic (exact) mass is 294 g/mol. The summed E-state index contributed by atoms with van der Waals surface area (Å²) in [5, 5.41) is 4.30. The van der Waals surface area contributed by atoms with E-state index in [9.17, 15) is 0 Å². The van der Waals surface area contributed by atoms with E-state index in [1.807, 2.05) is 18.2 Å². The molecule has 0 fully saturated rings. The Labute approximate surface area is 126 Å². The van der Waals surface area contributed by atoms with Crippen LogP contribution in [0.4, 0.5) is 5.69 Å². The van der Waals surface area contributed by atoms with Crippen LogP contribution < -0.4 is 11.1 Å². The van der Waals surface area contributed by atoms with Crippen molar-refractivity contribution in [1.29, 1.82) is 0 Å². The highest BCUT2D eigenvalue weighted by Crippen LogP contribution is 2.31. The van der Waals surface area contributed by atoms with E-state index in [2.05, 4.69) is 39.6 Å². The van der Waals surface area contributed by atoms with Crippen LogP contribution in [0.3, 0.4) is 0 Å². The Bertz CT molecular complexity index is 833. The maximum absolute atomic E-state index is 5.82. The number of benzene rings is 2. The first-order valence-corrected chi connectivity index (χ1v) is 7.66. The molecule has 4 nitrogen and oxygen atoms in total. The lowest BCUT2D eigenvalue weighted by Gasteiger charge is -2.03. The highest BCUT2D eigenvalue weighted by molar-refractivity contribution is 7.21. The van der Waals surface area contributed by atoms with Gasteiger partial charge >= 0.3 is 0 Å². The Morgan fingerprint density at radius 2 is 1.86 bits per heavy atom. The fourth-order valence-corrected chi connectivity index (χ4v) is 3.45. The topological polar surface area (TPSA) is 63.3 Å². The van der Waals surface area contributed by atoms with E-state index in [0.717, 1.165) is 51.0 Å². The SMILES string of the molecule is Nc1ccc2nc(-c3ccc(C4=NCCN4)cc3)sc2c1. The van der Waals surface area contributed by atoms with Crippen LogP contribution in [-0.2, 0) is 0 Å². The Morgan fingerprint density at radius 1 is 1.05 bits per heavy atom. The third-order valence-electron chi connectivity index (χ3n) is 3.49. The van der Waals surface area contributed by atoms with Gasteiger partial charge in [-0.25, -0.2) is 4.98 Å². The number of nitrogen functional groups attached to an aromatic ring is 1. The number of anilines is 1. The molecular weight excluding hydrogens is 280 g/mol. The predicted molar refractivity (Wildman–Crippen MR) is 88.9 cm³/mol. The maximum atomic E-state index is 5.82. The Morgan fingerprint density at radius 3 is 2.62 bits per heavy atom. The molecule has 3 aromatic rings. The van der Waals surface area contributed by atoms with Gasteiger partial charge in [0.25, 0.3) is 0 Å². The van der Waals surface area contributed by atoms with Crippen LogP contribution >= 0.6 is 11.3 Å². The lowest BCUT2D eigenvalue weighted by molar-refractivity contribution is 0.960. The maximum Gasteiger partial charge on any atom is 0.128 e. The molecule has 1 aliphatic rings. The van der Waals surface area contributed by atoms with Gasteiger partial charge in [0.2, 0.25) is 0 Å². The first kappa shape index (κ1) is 12.3. The van der Waals surface area contributed by atoms with E-state index < -0.39 is 0 Å². The number of aromatic nitrogens is 1. The number of nitrogens with zero attached hydrogens (tertiary/aromatic N) is 2. The van der Waals surface area contributed by atoms with Gasteiger partial charge in [0.05, 0.1) is 16.8 Å². The smallest absolute Gasteiger partial charge is 0.128 e. The standard InChI is InChI=1S/C16H14N4S/c17-12-5-6-13-14(9-12)21-16(20-13)11-3-1-10(2-4-11)15-18-7-8-19-15/h1-6,9H,7-8,17H2,(H,18,19). The summed E-state index contributed by atoms with van der Waals surface area (Å²) in [6.45, 7) is 1.78. The second kappa shape index (κ2) is 4.86. The van der Waals surface area contributed by atoms with Crippen molar-refractivity contribution in [2.24, 2.45) is 4.99 Å². The average Bonchev–Trinajstić information content (AvgIpc) is 3.16. The molecule has 0 aliphatic carbocycles. The largest absolute Gasteiger partial charge is 0.399 e. The molecule has 0 saturated heterocycles. The van der Waals surface area contributed by atoms with Crippen molar-refractivity contribution in [3.05, 3.63) is 48.0 Å². The zero-order chi connectivity index (χ0) is 14.2. The number of fused-ring (bicyclic) bond motifs is 1. The quantitative estimate of drug-likeness (QED) is 0.714. The molecule has 0 bridgehead atoms. The molecule has 5 heteroatoms. The van der Waals surface area contributed by atoms with Crippen LogP contribution in [-0.4, -0.2) is 23.9 Å².